The van der Waals surface area contributed by atoms with Crippen LogP contribution in [0.1, 0.15) is 35.9 Å². The van der Waals surface area contributed by atoms with Gasteiger partial charge in [0, 0.05) is 28.9 Å². The zero-order chi connectivity index (χ0) is 12.4. The van der Waals surface area contributed by atoms with Crippen LogP contribution in [0.5, 0.6) is 0 Å². The highest BCUT2D eigenvalue weighted by Gasteiger charge is 2.20. The van der Waals surface area contributed by atoms with Crippen molar-refractivity contribution < 1.29 is 0 Å². The van der Waals surface area contributed by atoms with Gasteiger partial charge in [-0.05, 0) is 38.4 Å². The molecule has 1 atom stereocenters. The molecule has 0 spiro atoms. The summed E-state index contributed by atoms with van der Waals surface area (Å²) in [5.74, 6) is 0. The average Bonchev–Trinajstić information content (AvgIpc) is 2.83. The van der Waals surface area contributed by atoms with E-state index in [1.807, 2.05) is 35.9 Å². The first kappa shape index (κ1) is 11.8. The summed E-state index contributed by atoms with van der Waals surface area (Å²) in [6, 6.07) is 4.55. The fourth-order valence-corrected chi connectivity index (χ4v) is 3.61. The van der Waals surface area contributed by atoms with Gasteiger partial charge in [-0.25, -0.2) is 4.98 Å². The summed E-state index contributed by atoms with van der Waals surface area (Å²) in [6.07, 6.45) is 7.50. The van der Waals surface area contributed by atoms with Crippen LogP contribution in [-0.2, 0) is 0 Å². The van der Waals surface area contributed by atoms with Crippen molar-refractivity contribution in [1.82, 2.24) is 15.3 Å². The molecule has 1 fully saturated rings. The lowest BCUT2D eigenvalue weighted by Gasteiger charge is -2.22. The van der Waals surface area contributed by atoms with E-state index in [4.69, 9.17) is 4.98 Å². The van der Waals surface area contributed by atoms with Crippen molar-refractivity contribution in [2.45, 2.75) is 32.2 Å². The van der Waals surface area contributed by atoms with Crippen LogP contribution < -0.4 is 5.32 Å². The summed E-state index contributed by atoms with van der Waals surface area (Å²) in [5.41, 5.74) is 2.34. The van der Waals surface area contributed by atoms with Crippen molar-refractivity contribution >= 4 is 11.3 Å². The van der Waals surface area contributed by atoms with Crippen LogP contribution in [0.2, 0.25) is 0 Å². The number of aryl methyl sites for hydroxylation is 1. The summed E-state index contributed by atoms with van der Waals surface area (Å²) >= 11 is 1.82. The molecular weight excluding hydrogens is 242 g/mol. The molecule has 3 rings (SSSR count). The minimum atomic E-state index is 0.506. The SMILES string of the molecule is Cc1nc(-c2ccncc2)sc1C1CCCCN1. The normalized spacial score (nSPS) is 19.9. The van der Waals surface area contributed by atoms with Crippen LogP contribution in [0.15, 0.2) is 24.5 Å². The van der Waals surface area contributed by atoms with E-state index in [1.54, 1.807) is 0 Å². The molecule has 0 bridgehead atoms. The molecule has 0 radical (unpaired) electrons. The summed E-state index contributed by atoms with van der Waals surface area (Å²) in [4.78, 5) is 10.2. The van der Waals surface area contributed by atoms with E-state index in [-0.39, 0.29) is 0 Å². The second-order valence-corrected chi connectivity index (χ2v) is 5.74. The van der Waals surface area contributed by atoms with Crippen LogP contribution >= 0.6 is 11.3 Å². The summed E-state index contributed by atoms with van der Waals surface area (Å²) in [5, 5.41) is 4.71. The maximum Gasteiger partial charge on any atom is 0.124 e. The van der Waals surface area contributed by atoms with Gasteiger partial charge in [0.15, 0.2) is 0 Å². The van der Waals surface area contributed by atoms with Crippen LogP contribution in [0.3, 0.4) is 0 Å². The molecule has 0 aromatic carbocycles. The fraction of sp³-hybridized carbons (Fsp3) is 0.429. The molecule has 18 heavy (non-hydrogen) atoms. The number of thiazole rings is 1. The third kappa shape index (κ3) is 2.31. The summed E-state index contributed by atoms with van der Waals surface area (Å²) in [6.45, 7) is 3.25. The number of hydrogen-bond acceptors (Lipinski definition) is 4. The molecule has 1 aliphatic rings. The highest BCUT2D eigenvalue weighted by molar-refractivity contribution is 7.15. The predicted molar refractivity (Wildman–Crippen MR) is 74.7 cm³/mol. The molecule has 0 aliphatic carbocycles. The highest BCUT2D eigenvalue weighted by Crippen LogP contribution is 2.34. The number of rotatable bonds is 2. The van der Waals surface area contributed by atoms with Crippen LogP contribution in [-0.4, -0.2) is 16.5 Å². The first-order chi connectivity index (χ1) is 8.84. The van der Waals surface area contributed by atoms with Gasteiger partial charge < -0.3 is 5.32 Å². The highest BCUT2D eigenvalue weighted by atomic mass is 32.1. The van der Waals surface area contributed by atoms with E-state index in [0.29, 0.717) is 6.04 Å². The molecule has 1 N–H and O–H groups in total. The van der Waals surface area contributed by atoms with Gasteiger partial charge in [0.1, 0.15) is 5.01 Å². The smallest absolute Gasteiger partial charge is 0.124 e. The van der Waals surface area contributed by atoms with E-state index >= 15 is 0 Å². The Kier molecular flexibility index (Phi) is 3.39. The standard InChI is InChI=1S/C14H17N3S/c1-10-13(12-4-2-3-7-16-12)18-14(17-10)11-5-8-15-9-6-11/h5-6,8-9,12,16H,2-4,7H2,1H3. The summed E-state index contributed by atoms with van der Waals surface area (Å²) in [7, 11) is 0. The van der Waals surface area contributed by atoms with Crippen LogP contribution in [0.4, 0.5) is 0 Å². The monoisotopic (exact) mass is 259 g/mol. The average molecular weight is 259 g/mol. The Labute approximate surface area is 111 Å². The third-order valence-electron chi connectivity index (χ3n) is 3.39. The third-order valence-corrected chi connectivity index (χ3v) is 4.71. The number of piperidine rings is 1. The molecule has 1 unspecified atom stereocenters. The van der Waals surface area contributed by atoms with Crippen LogP contribution in [0.25, 0.3) is 10.6 Å². The Morgan fingerprint density at radius 1 is 1.28 bits per heavy atom. The second-order valence-electron chi connectivity index (χ2n) is 4.71. The van der Waals surface area contributed by atoms with Gasteiger partial charge in [-0.3, -0.25) is 4.98 Å². The fourth-order valence-electron chi connectivity index (χ4n) is 2.43. The van der Waals surface area contributed by atoms with Crippen molar-refractivity contribution in [2.24, 2.45) is 0 Å². The zero-order valence-electron chi connectivity index (χ0n) is 10.5. The number of pyridine rings is 1. The predicted octanol–water partition coefficient (Wildman–Crippen LogP) is 3.33. The first-order valence-electron chi connectivity index (χ1n) is 6.46. The van der Waals surface area contributed by atoms with Gasteiger partial charge in [0.05, 0.1) is 5.69 Å². The lowest BCUT2D eigenvalue weighted by atomic mass is 10.0. The number of nitrogens with one attached hydrogen (secondary N) is 1. The molecule has 2 aromatic heterocycles. The number of aromatic nitrogens is 2. The minimum absolute atomic E-state index is 0.506. The Balaban J connectivity index is 1.91. The molecule has 3 heterocycles. The molecule has 1 aliphatic heterocycles. The van der Waals surface area contributed by atoms with Gasteiger partial charge in [-0.15, -0.1) is 11.3 Å². The Morgan fingerprint density at radius 3 is 2.83 bits per heavy atom. The molecular formula is C14H17N3S. The quantitative estimate of drug-likeness (QED) is 0.899. The maximum absolute atomic E-state index is 4.71. The van der Waals surface area contributed by atoms with Crippen molar-refractivity contribution in [3.05, 3.63) is 35.1 Å². The van der Waals surface area contributed by atoms with E-state index < -0.39 is 0 Å². The topological polar surface area (TPSA) is 37.8 Å². The van der Waals surface area contributed by atoms with E-state index in [0.717, 1.165) is 11.6 Å². The van der Waals surface area contributed by atoms with E-state index in [2.05, 4.69) is 17.2 Å². The van der Waals surface area contributed by atoms with Gasteiger partial charge in [-0.1, -0.05) is 6.42 Å². The van der Waals surface area contributed by atoms with Crippen molar-refractivity contribution in [1.29, 1.82) is 0 Å². The molecule has 0 saturated carbocycles. The molecule has 0 amide bonds. The minimum Gasteiger partial charge on any atom is -0.309 e. The molecule has 1 saturated heterocycles. The summed E-state index contributed by atoms with van der Waals surface area (Å²) < 4.78 is 0. The molecule has 3 nitrogen and oxygen atoms in total. The van der Waals surface area contributed by atoms with Gasteiger partial charge in [0.25, 0.3) is 0 Å². The van der Waals surface area contributed by atoms with Gasteiger partial charge >= 0.3 is 0 Å². The van der Waals surface area contributed by atoms with Crippen molar-refractivity contribution in [2.75, 3.05) is 6.54 Å². The largest absolute Gasteiger partial charge is 0.309 e. The van der Waals surface area contributed by atoms with E-state index in [1.165, 1.54) is 35.4 Å². The maximum atomic E-state index is 4.71. The first-order valence-corrected chi connectivity index (χ1v) is 7.27. The second kappa shape index (κ2) is 5.16. The Bertz CT molecular complexity index is 515. The molecule has 94 valence electrons. The van der Waals surface area contributed by atoms with E-state index in [9.17, 15) is 0 Å². The van der Waals surface area contributed by atoms with Crippen LogP contribution in [0, 0.1) is 6.92 Å². The number of nitrogens with zero attached hydrogens (tertiary/aromatic N) is 2. The van der Waals surface area contributed by atoms with Crippen molar-refractivity contribution in [3.8, 4) is 10.6 Å². The number of hydrogen-bond donors (Lipinski definition) is 1. The zero-order valence-corrected chi connectivity index (χ0v) is 11.3. The molecule has 4 heteroatoms. The van der Waals surface area contributed by atoms with Gasteiger partial charge in [-0.2, -0.15) is 0 Å². The Morgan fingerprint density at radius 2 is 2.11 bits per heavy atom. The van der Waals surface area contributed by atoms with Crippen molar-refractivity contribution in [3.63, 3.8) is 0 Å². The van der Waals surface area contributed by atoms with Gasteiger partial charge in [0.2, 0.25) is 0 Å². The Hall–Kier alpha value is -1.26. The lowest BCUT2D eigenvalue weighted by Crippen LogP contribution is -2.26. The molecule has 2 aromatic rings. The lowest BCUT2D eigenvalue weighted by molar-refractivity contribution is 0.415.